The number of carbonyl (C=O) groups excluding carboxylic acids is 2. The molecule has 2 aromatic carbocycles. The number of nitrogens with zero attached hydrogens (tertiary/aromatic N) is 2. The lowest BCUT2D eigenvalue weighted by atomic mass is 9.96. The summed E-state index contributed by atoms with van der Waals surface area (Å²) in [5.74, 6) is 1.90. The number of rotatable bonds is 13. The van der Waals surface area contributed by atoms with Crippen molar-refractivity contribution in [1.82, 2.24) is 14.9 Å². The van der Waals surface area contributed by atoms with Crippen molar-refractivity contribution in [3.63, 3.8) is 0 Å². The maximum atomic E-state index is 12.6. The van der Waals surface area contributed by atoms with Gasteiger partial charge in [-0.1, -0.05) is 51.7 Å². The second kappa shape index (κ2) is 14.7. The van der Waals surface area contributed by atoms with Gasteiger partial charge in [-0.05, 0) is 67.5 Å². The Morgan fingerprint density at radius 1 is 1.10 bits per heavy atom. The van der Waals surface area contributed by atoms with Crippen molar-refractivity contribution in [3.8, 4) is 5.75 Å². The van der Waals surface area contributed by atoms with Crippen LogP contribution in [0.2, 0.25) is 0 Å². The minimum Gasteiger partial charge on any atom is -0.494 e. The van der Waals surface area contributed by atoms with Gasteiger partial charge in [-0.2, -0.15) is 0 Å². The Morgan fingerprint density at radius 3 is 2.60 bits per heavy atom. The van der Waals surface area contributed by atoms with E-state index >= 15 is 0 Å². The fourth-order valence-corrected chi connectivity index (χ4v) is 5.28. The third kappa shape index (κ3) is 8.47. The summed E-state index contributed by atoms with van der Waals surface area (Å²) in [5.41, 5.74) is 3.87. The number of imidazole rings is 1. The number of hydrogen-bond donors (Lipinski definition) is 2. The van der Waals surface area contributed by atoms with Gasteiger partial charge < -0.3 is 24.7 Å². The summed E-state index contributed by atoms with van der Waals surface area (Å²) >= 11 is 0. The van der Waals surface area contributed by atoms with E-state index < -0.39 is 0 Å². The minimum absolute atomic E-state index is 0.142. The van der Waals surface area contributed by atoms with Crippen molar-refractivity contribution in [1.29, 1.82) is 0 Å². The van der Waals surface area contributed by atoms with E-state index in [0.29, 0.717) is 19.6 Å². The Morgan fingerprint density at radius 2 is 1.88 bits per heavy atom. The maximum Gasteiger partial charge on any atom is 0.319 e. The van der Waals surface area contributed by atoms with Crippen LogP contribution in [0.25, 0.3) is 11.0 Å². The molecule has 40 heavy (non-hydrogen) atoms. The SMILES string of the molecule is CCCCc1nc2cc(NC(=O)NC3CCCCC3)ccc2n1Cc1ccc(OCCC(C)CC(=O)OC)cc1. The lowest BCUT2D eigenvalue weighted by molar-refractivity contribution is -0.141. The average Bonchev–Trinajstić information content (AvgIpc) is 3.29. The zero-order chi connectivity index (χ0) is 28.3. The first-order valence-electron chi connectivity index (χ1n) is 14.8. The molecule has 8 nitrogen and oxygen atoms in total. The van der Waals surface area contributed by atoms with E-state index in [9.17, 15) is 9.59 Å². The molecule has 0 bridgehead atoms. The van der Waals surface area contributed by atoms with Crippen molar-refractivity contribution in [2.75, 3.05) is 19.0 Å². The molecule has 1 unspecified atom stereocenters. The Kier molecular flexibility index (Phi) is 10.8. The summed E-state index contributed by atoms with van der Waals surface area (Å²) in [7, 11) is 1.42. The molecule has 8 heteroatoms. The van der Waals surface area contributed by atoms with Gasteiger partial charge in [0.1, 0.15) is 11.6 Å². The second-order valence-corrected chi connectivity index (χ2v) is 11.0. The summed E-state index contributed by atoms with van der Waals surface area (Å²) in [6.07, 6.45) is 10.0. The van der Waals surface area contributed by atoms with Crippen molar-refractivity contribution in [2.24, 2.45) is 5.92 Å². The standard InChI is InChI=1S/C32H44N4O4/c1-4-5-11-30-35-28-21-26(34-32(38)33-25-9-7-6-8-10-25)14-17-29(28)36(30)22-24-12-15-27(16-13-24)40-19-18-23(2)20-31(37)39-3/h12-17,21,23,25H,4-11,18-20,22H2,1-3H3,(H2,33,34,38). The molecule has 1 saturated carbocycles. The van der Waals surface area contributed by atoms with Crippen molar-refractivity contribution in [3.05, 3.63) is 53.9 Å². The van der Waals surface area contributed by atoms with E-state index in [4.69, 9.17) is 14.5 Å². The molecule has 0 spiro atoms. The zero-order valence-electron chi connectivity index (χ0n) is 24.2. The summed E-state index contributed by atoms with van der Waals surface area (Å²) in [6.45, 7) is 5.48. The van der Waals surface area contributed by atoms with E-state index in [1.165, 1.54) is 26.4 Å². The predicted octanol–water partition coefficient (Wildman–Crippen LogP) is 6.85. The molecule has 216 valence electrons. The monoisotopic (exact) mass is 548 g/mol. The number of anilines is 1. The van der Waals surface area contributed by atoms with Gasteiger partial charge in [0.05, 0.1) is 24.8 Å². The van der Waals surface area contributed by atoms with Gasteiger partial charge in [-0.25, -0.2) is 9.78 Å². The van der Waals surface area contributed by atoms with Crippen LogP contribution < -0.4 is 15.4 Å². The third-order valence-corrected chi connectivity index (χ3v) is 7.67. The highest BCUT2D eigenvalue weighted by Gasteiger charge is 2.17. The lowest BCUT2D eigenvalue weighted by Gasteiger charge is -2.22. The van der Waals surface area contributed by atoms with Crippen molar-refractivity contribution >= 4 is 28.7 Å². The fraction of sp³-hybridized carbons (Fsp3) is 0.531. The van der Waals surface area contributed by atoms with Crippen LogP contribution >= 0.6 is 0 Å². The first-order valence-corrected chi connectivity index (χ1v) is 14.8. The van der Waals surface area contributed by atoms with E-state index in [2.05, 4.69) is 40.3 Å². The third-order valence-electron chi connectivity index (χ3n) is 7.67. The molecule has 1 atom stereocenters. The molecule has 4 rings (SSSR count). The van der Waals surface area contributed by atoms with Crippen LogP contribution in [0.3, 0.4) is 0 Å². The summed E-state index contributed by atoms with van der Waals surface area (Å²) in [6, 6.07) is 14.3. The number of ether oxygens (including phenoxy) is 2. The number of benzene rings is 2. The number of aryl methyl sites for hydroxylation is 1. The largest absolute Gasteiger partial charge is 0.494 e. The molecule has 0 saturated heterocycles. The molecule has 2 amide bonds. The van der Waals surface area contributed by atoms with E-state index in [-0.39, 0.29) is 24.0 Å². The van der Waals surface area contributed by atoms with Gasteiger partial charge in [0, 0.05) is 31.1 Å². The predicted molar refractivity (Wildman–Crippen MR) is 159 cm³/mol. The normalized spacial score (nSPS) is 14.6. The highest BCUT2D eigenvalue weighted by atomic mass is 16.5. The van der Waals surface area contributed by atoms with Crippen LogP contribution in [0.5, 0.6) is 5.75 Å². The number of amides is 2. The van der Waals surface area contributed by atoms with Gasteiger partial charge in [0.25, 0.3) is 0 Å². The molecule has 1 aliphatic carbocycles. The minimum atomic E-state index is -0.185. The topological polar surface area (TPSA) is 94.5 Å². The number of carbonyl (C=O) groups is 2. The van der Waals surface area contributed by atoms with Gasteiger partial charge >= 0.3 is 12.0 Å². The molecule has 1 aliphatic rings. The van der Waals surface area contributed by atoms with Gasteiger partial charge in [0.2, 0.25) is 0 Å². The van der Waals surface area contributed by atoms with Crippen LogP contribution in [-0.2, 0) is 22.5 Å². The number of urea groups is 1. The highest BCUT2D eigenvalue weighted by molar-refractivity contribution is 5.92. The first-order chi connectivity index (χ1) is 19.4. The van der Waals surface area contributed by atoms with Crippen LogP contribution in [0.1, 0.15) is 83.0 Å². The van der Waals surface area contributed by atoms with Crippen LogP contribution in [-0.4, -0.2) is 41.3 Å². The van der Waals surface area contributed by atoms with Crippen molar-refractivity contribution < 1.29 is 19.1 Å². The molecule has 0 radical (unpaired) electrons. The van der Waals surface area contributed by atoms with E-state index in [1.807, 2.05) is 31.2 Å². The Hall–Kier alpha value is -3.55. The summed E-state index contributed by atoms with van der Waals surface area (Å²) < 4.78 is 12.9. The smallest absolute Gasteiger partial charge is 0.319 e. The molecule has 1 heterocycles. The van der Waals surface area contributed by atoms with Crippen LogP contribution in [0.4, 0.5) is 10.5 Å². The highest BCUT2D eigenvalue weighted by Crippen LogP contribution is 2.24. The van der Waals surface area contributed by atoms with E-state index in [1.54, 1.807) is 0 Å². The molecular weight excluding hydrogens is 504 g/mol. The zero-order valence-corrected chi connectivity index (χ0v) is 24.2. The second-order valence-electron chi connectivity index (χ2n) is 11.0. The van der Waals surface area contributed by atoms with Crippen LogP contribution in [0, 0.1) is 5.92 Å². The van der Waals surface area contributed by atoms with Crippen molar-refractivity contribution in [2.45, 2.75) is 90.6 Å². The summed E-state index contributed by atoms with van der Waals surface area (Å²) in [4.78, 5) is 29.0. The quantitative estimate of drug-likeness (QED) is 0.228. The van der Waals surface area contributed by atoms with Gasteiger partial charge in [0.15, 0.2) is 0 Å². The number of nitrogens with one attached hydrogen (secondary N) is 2. The number of hydrogen-bond acceptors (Lipinski definition) is 5. The molecule has 1 fully saturated rings. The number of fused-ring (bicyclic) bond motifs is 1. The Balaban J connectivity index is 1.40. The van der Waals surface area contributed by atoms with Crippen LogP contribution in [0.15, 0.2) is 42.5 Å². The molecule has 1 aromatic heterocycles. The molecular formula is C32H44N4O4. The number of esters is 1. The maximum absolute atomic E-state index is 12.6. The number of aromatic nitrogens is 2. The van der Waals surface area contributed by atoms with Gasteiger partial charge in [-0.3, -0.25) is 4.79 Å². The molecule has 2 N–H and O–H groups in total. The number of unbranched alkanes of at least 4 members (excludes halogenated alkanes) is 1. The Labute approximate surface area is 237 Å². The van der Waals surface area contributed by atoms with Gasteiger partial charge in [-0.15, -0.1) is 0 Å². The van der Waals surface area contributed by atoms with E-state index in [0.717, 1.165) is 72.4 Å². The number of methoxy groups -OCH3 is 1. The molecule has 3 aromatic rings. The first kappa shape index (κ1) is 29.4. The summed E-state index contributed by atoms with van der Waals surface area (Å²) in [5, 5.41) is 6.13. The lowest BCUT2D eigenvalue weighted by Crippen LogP contribution is -2.38. The fourth-order valence-electron chi connectivity index (χ4n) is 5.28. The Bertz CT molecular complexity index is 1250. The molecule has 0 aliphatic heterocycles. The average molecular weight is 549 g/mol.